The molecule has 1 amide bonds. The number of para-hydroxylation sites is 2. The highest BCUT2D eigenvalue weighted by Gasteiger charge is 2.12. The second-order valence-corrected chi connectivity index (χ2v) is 6.57. The van der Waals surface area contributed by atoms with Crippen molar-refractivity contribution in [3.05, 3.63) is 24.3 Å². The van der Waals surface area contributed by atoms with Crippen molar-refractivity contribution in [1.29, 1.82) is 0 Å². The van der Waals surface area contributed by atoms with Crippen LogP contribution < -0.4 is 10.1 Å². The van der Waals surface area contributed by atoms with Crippen LogP contribution in [0.2, 0.25) is 0 Å². The van der Waals surface area contributed by atoms with Gasteiger partial charge in [-0.05, 0) is 50.9 Å². The Hall–Kier alpha value is -1.75. The van der Waals surface area contributed by atoms with Gasteiger partial charge < -0.3 is 14.4 Å². The summed E-state index contributed by atoms with van der Waals surface area (Å²) in [5.74, 6) is 0.702. The van der Waals surface area contributed by atoms with E-state index in [0.717, 1.165) is 19.4 Å². The molecular formula is C20H32N2O3. The average Bonchev–Trinajstić information content (AvgIpc) is 3.13. The molecule has 1 fully saturated rings. The summed E-state index contributed by atoms with van der Waals surface area (Å²) in [5, 5.41) is 2.79. The number of unbranched alkanes of at least 4 members (excludes halogenated alkanes) is 3. The van der Waals surface area contributed by atoms with Crippen LogP contribution in [0.15, 0.2) is 24.3 Å². The van der Waals surface area contributed by atoms with Gasteiger partial charge >= 0.3 is 6.09 Å². The third-order valence-corrected chi connectivity index (χ3v) is 4.43. The average molecular weight is 348 g/mol. The van der Waals surface area contributed by atoms with E-state index in [9.17, 15) is 4.79 Å². The quantitative estimate of drug-likeness (QED) is 0.590. The molecule has 1 aromatic rings. The molecule has 25 heavy (non-hydrogen) atoms. The lowest BCUT2D eigenvalue weighted by Crippen LogP contribution is -2.23. The lowest BCUT2D eigenvalue weighted by Gasteiger charge is -2.15. The Labute approximate surface area is 151 Å². The zero-order chi connectivity index (χ0) is 17.7. The smallest absolute Gasteiger partial charge is 0.411 e. The van der Waals surface area contributed by atoms with Crippen molar-refractivity contribution in [2.24, 2.45) is 0 Å². The van der Waals surface area contributed by atoms with Crippen LogP contribution in [-0.2, 0) is 4.74 Å². The molecule has 0 aliphatic carbocycles. The van der Waals surface area contributed by atoms with Crippen LogP contribution in [0.25, 0.3) is 0 Å². The maximum atomic E-state index is 12.0. The second kappa shape index (κ2) is 11.7. The van der Waals surface area contributed by atoms with Gasteiger partial charge in [-0.2, -0.15) is 0 Å². The monoisotopic (exact) mass is 348 g/mol. The minimum absolute atomic E-state index is 0.413. The van der Waals surface area contributed by atoms with E-state index in [1.165, 1.54) is 45.2 Å². The highest BCUT2D eigenvalue weighted by Crippen LogP contribution is 2.24. The molecule has 0 unspecified atom stereocenters. The molecule has 1 saturated heterocycles. The molecular weight excluding hydrogens is 316 g/mol. The Morgan fingerprint density at radius 1 is 1.08 bits per heavy atom. The third-order valence-electron chi connectivity index (χ3n) is 4.43. The van der Waals surface area contributed by atoms with E-state index in [1.807, 2.05) is 24.3 Å². The van der Waals surface area contributed by atoms with Crippen LogP contribution in [-0.4, -0.2) is 43.8 Å². The first-order valence-corrected chi connectivity index (χ1v) is 9.67. The van der Waals surface area contributed by atoms with Crippen molar-refractivity contribution in [3.63, 3.8) is 0 Å². The number of nitrogens with one attached hydrogen (secondary N) is 1. The molecule has 1 N–H and O–H groups in total. The van der Waals surface area contributed by atoms with Crippen molar-refractivity contribution >= 4 is 11.8 Å². The van der Waals surface area contributed by atoms with Crippen molar-refractivity contribution in [2.75, 3.05) is 38.2 Å². The normalized spacial score (nSPS) is 14.4. The van der Waals surface area contributed by atoms with Crippen LogP contribution in [0, 0.1) is 0 Å². The third kappa shape index (κ3) is 7.78. The van der Waals surface area contributed by atoms with Crippen LogP contribution in [0.3, 0.4) is 0 Å². The number of hydrogen-bond acceptors (Lipinski definition) is 4. The number of benzene rings is 1. The standard InChI is InChI=1S/C20H32N2O3/c1-2-3-4-9-16-24-19-12-6-5-11-18(19)21-20(23)25-17-10-15-22-13-7-8-14-22/h5-6,11-12H,2-4,7-10,13-17H2,1H3,(H,21,23). The molecule has 1 heterocycles. The summed E-state index contributed by atoms with van der Waals surface area (Å²) >= 11 is 0. The van der Waals surface area contributed by atoms with Crippen molar-refractivity contribution in [1.82, 2.24) is 4.90 Å². The molecule has 5 nitrogen and oxygen atoms in total. The number of carbonyl (C=O) groups excluding carboxylic acids is 1. The first-order valence-electron chi connectivity index (χ1n) is 9.67. The number of anilines is 1. The summed E-state index contributed by atoms with van der Waals surface area (Å²) in [4.78, 5) is 14.4. The fourth-order valence-corrected chi connectivity index (χ4v) is 3.01. The van der Waals surface area contributed by atoms with E-state index in [2.05, 4.69) is 17.1 Å². The van der Waals surface area contributed by atoms with E-state index in [1.54, 1.807) is 0 Å². The number of hydrogen-bond donors (Lipinski definition) is 1. The van der Waals surface area contributed by atoms with Gasteiger partial charge in [-0.25, -0.2) is 4.79 Å². The summed E-state index contributed by atoms with van der Waals surface area (Å²) in [5.41, 5.74) is 0.669. The van der Waals surface area contributed by atoms with Crippen LogP contribution in [0.1, 0.15) is 51.9 Å². The van der Waals surface area contributed by atoms with E-state index in [0.29, 0.717) is 24.7 Å². The number of ether oxygens (including phenoxy) is 2. The molecule has 0 atom stereocenters. The summed E-state index contributed by atoms with van der Waals surface area (Å²) in [6.07, 6.45) is 7.68. The summed E-state index contributed by atoms with van der Waals surface area (Å²) < 4.78 is 11.1. The van der Waals surface area contributed by atoms with E-state index in [4.69, 9.17) is 9.47 Å². The van der Waals surface area contributed by atoms with Gasteiger partial charge in [0.2, 0.25) is 0 Å². The van der Waals surface area contributed by atoms with Gasteiger partial charge in [-0.3, -0.25) is 5.32 Å². The summed E-state index contributed by atoms with van der Waals surface area (Å²) in [7, 11) is 0. The van der Waals surface area contributed by atoms with E-state index < -0.39 is 6.09 Å². The molecule has 0 radical (unpaired) electrons. The van der Waals surface area contributed by atoms with Gasteiger partial charge in [-0.15, -0.1) is 0 Å². The number of carbonyl (C=O) groups is 1. The molecule has 140 valence electrons. The van der Waals surface area contributed by atoms with E-state index in [-0.39, 0.29) is 0 Å². The molecule has 1 aromatic carbocycles. The minimum atomic E-state index is -0.413. The zero-order valence-electron chi connectivity index (χ0n) is 15.5. The van der Waals surface area contributed by atoms with Crippen LogP contribution >= 0.6 is 0 Å². The first kappa shape index (κ1) is 19.6. The van der Waals surface area contributed by atoms with Gasteiger partial charge in [0, 0.05) is 6.54 Å². The first-order chi connectivity index (χ1) is 12.3. The summed E-state index contributed by atoms with van der Waals surface area (Å²) in [6, 6.07) is 7.51. The van der Waals surface area contributed by atoms with Crippen LogP contribution in [0.5, 0.6) is 5.75 Å². The molecule has 0 saturated carbocycles. The molecule has 0 aromatic heterocycles. The maximum absolute atomic E-state index is 12.0. The van der Waals surface area contributed by atoms with Gasteiger partial charge in [0.05, 0.1) is 18.9 Å². The molecule has 1 aliphatic rings. The number of likely N-dealkylation sites (tertiary alicyclic amines) is 1. The molecule has 0 spiro atoms. The second-order valence-electron chi connectivity index (χ2n) is 6.57. The maximum Gasteiger partial charge on any atom is 0.411 e. The van der Waals surface area contributed by atoms with Crippen molar-refractivity contribution in [2.45, 2.75) is 51.9 Å². The predicted octanol–water partition coefficient (Wildman–Crippen LogP) is 4.68. The van der Waals surface area contributed by atoms with Crippen molar-refractivity contribution < 1.29 is 14.3 Å². The minimum Gasteiger partial charge on any atom is -0.491 e. The Kier molecular flexibility index (Phi) is 9.19. The largest absolute Gasteiger partial charge is 0.491 e. The Bertz CT molecular complexity index is 501. The van der Waals surface area contributed by atoms with Gasteiger partial charge in [0.15, 0.2) is 0 Å². The highest BCUT2D eigenvalue weighted by molar-refractivity contribution is 5.86. The van der Waals surface area contributed by atoms with Gasteiger partial charge in [-0.1, -0.05) is 38.3 Å². The fraction of sp³-hybridized carbons (Fsp3) is 0.650. The zero-order valence-corrected chi connectivity index (χ0v) is 15.5. The summed E-state index contributed by atoms with van der Waals surface area (Å²) in [6.45, 7) is 6.66. The molecule has 5 heteroatoms. The Balaban J connectivity index is 1.66. The predicted molar refractivity (Wildman–Crippen MR) is 101 cm³/mol. The molecule has 1 aliphatic heterocycles. The number of rotatable bonds is 11. The van der Waals surface area contributed by atoms with Crippen LogP contribution in [0.4, 0.5) is 10.5 Å². The number of nitrogens with zero attached hydrogens (tertiary/aromatic N) is 1. The van der Waals surface area contributed by atoms with Crippen molar-refractivity contribution in [3.8, 4) is 5.75 Å². The molecule has 0 bridgehead atoms. The lowest BCUT2D eigenvalue weighted by molar-refractivity contribution is 0.154. The van der Waals surface area contributed by atoms with Gasteiger partial charge in [0.1, 0.15) is 5.75 Å². The number of amides is 1. The Morgan fingerprint density at radius 3 is 2.68 bits per heavy atom. The lowest BCUT2D eigenvalue weighted by atomic mass is 10.2. The fourth-order valence-electron chi connectivity index (χ4n) is 3.01. The van der Waals surface area contributed by atoms with Gasteiger partial charge in [0.25, 0.3) is 0 Å². The SMILES string of the molecule is CCCCCCOc1ccccc1NC(=O)OCCCN1CCCC1. The highest BCUT2D eigenvalue weighted by atomic mass is 16.5. The van der Waals surface area contributed by atoms with E-state index >= 15 is 0 Å². The Morgan fingerprint density at radius 2 is 1.88 bits per heavy atom. The molecule has 2 rings (SSSR count). The topological polar surface area (TPSA) is 50.8 Å².